The molecular weight excluding hydrogens is 436 g/mol. The molecule has 0 aliphatic rings. The molecule has 1 atom stereocenters. The molecule has 1 aromatic heterocycles. The molecule has 100 valence electrons. The first-order chi connectivity index (χ1) is 9.08. The molecule has 0 saturated heterocycles. The van der Waals surface area contributed by atoms with Gasteiger partial charge in [-0.15, -0.1) is 0 Å². The average Bonchev–Trinajstić information content (AvgIpc) is 2.38. The number of nitrogens with zero attached hydrogens (tertiary/aromatic N) is 1. The fraction of sp³-hybridized carbons (Fsp3) is 0.214. The van der Waals surface area contributed by atoms with E-state index in [9.17, 15) is 0 Å². The lowest BCUT2D eigenvalue weighted by Crippen LogP contribution is -2.19. The summed E-state index contributed by atoms with van der Waals surface area (Å²) in [6.07, 6.45) is 1.81. The van der Waals surface area contributed by atoms with Crippen molar-refractivity contribution in [2.24, 2.45) is 0 Å². The van der Waals surface area contributed by atoms with Gasteiger partial charge in [0.1, 0.15) is 0 Å². The molecule has 2 rings (SSSR count). The summed E-state index contributed by atoms with van der Waals surface area (Å²) in [4.78, 5) is 4.40. The SMILES string of the molecule is C[C@@H](NCc1ncc(Br)cc1Br)c1ccccc1Br. The number of benzene rings is 1. The smallest absolute Gasteiger partial charge is 0.0684 e. The van der Waals surface area contributed by atoms with Crippen LogP contribution in [0.3, 0.4) is 0 Å². The van der Waals surface area contributed by atoms with Crippen molar-refractivity contribution in [2.45, 2.75) is 19.5 Å². The van der Waals surface area contributed by atoms with Crippen LogP contribution in [0.2, 0.25) is 0 Å². The normalized spacial score (nSPS) is 12.4. The third kappa shape index (κ3) is 4.12. The van der Waals surface area contributed by atoms with Crippen LogP contribution in [0.5, 0.6) is 0 Å². The largest absolute Gasteiger partial charge is 0.304 e. The van der Waals surface area contributed by atoms with Crippen molar-refractivity contribution in [2.75, 3.05) is 0 Å². The molecule has 1 aromatic carbocycles. The molecule has 0 fully saturated rings. The number of hydrogen-bond acceptors (Lipinski definition) is 2. The van der Waals surface area contributed by atoms with Crippen molar-refractivity contribution in [3.8, 4) is 0 Å². The van der Waals surface area contributed by atoms with Crippen LogP contribution in [0, 0.1) is 0 Å². The van der Waals surface area contributed by atoms with Gasteiger partial charge < -0.3 is 5.32 Å². The Labute approximate surface area is 138 Å². The second-order valence-electron chi connectivity index (χ2n) is 4.21. The van der Waals surface area contributed by atoms with Crippen LogP contribution < -0.4 is 5.32 Å². The van der Waals surface area contributed by atoms with Crippen molar-refractivity contribution in [1.29, 1.82) is 0 Å². The van der Waals surface area contributed by atoms with Crippen molar-refractivity contribution >= 4 is 47.8 Å². The van der Waals surface area contributed by atoms with E-state index in [4.69, 9.17) is 0 Å². The summed E-state index contributed by atoms with van der Waals surface area (Å²) in [5.74, 6) is 0. The Morgan fingerprint density at radius 3 is 2.58 bits per heavy atom. The lowest BCUT2D eigenvalue weighted by molar-refractivity contribution is 0.564. The van der Waals surface area contributed by atoms with Crippen molar-refractivity contribution in [3.05, 3.63) is 61.2 Å². The molecule has 0 bridgehead atoms. The van der Waals surface area contributed by atoms with Gasteiger partial charge in [0.25, 0.3) is 0 Å². The predicted molar refractivity (Wildman–Crippen MR) is 89.0 cm³/mol. The molecule has 0 unspecified atom stereocenters. The van der Waals surface area contributed by atoms with E-state index in [0.29, 0.717) is 0 Å². The van der Waals surface area contributed by atoms with Crippen LogP contribution in [0.25, 0.3) is 0 Å². The Morgan fingerprint density at radius 1 is 1.16 bits per heavy atom. The first kappa shape index (κ1) is 15.2. The molecule has 0 aliphatic carbocycles. The highest BCUT2D eigenvalue weighted by molar-refractivity contribution is 9.11. The Kier molecular flexibility index (Phi) is 5.57. The fourth-order valence-electron chi connectivity index (χ4n) is 1.76. The average molecular weight is 449 g/mol. The lowest BCUT2D eigenvalue weighted by Gasteiger charge is -2.16. The molecule has 0 amide bonds. The van der Waals surface area contributed by atoms with Gasteiger partial charge in [-0.3, -0.25) is 4.98 Å². The molecule has 0 spiro atoms. The standard InChI is InChI=1S/C14H13Br3N2/c1-9(11-4-2-3-5-12(11)16)18-8-14-13(17)6-10(15)7-19-14/h2-7,9,18H,8H2,1H3/t9-/m1/s1. The zero-order valence-electron chi connectivity index (χ0n) is 10.3. The zero-order valence-corrected chi connectivity index (χ0v) is 15.1. The highest BCUT2D eigenvalue weighted by Gasteiger charge is 2.09. The van der Waals surface area contributed by atoms with Gasteiger partial charge in [-0.05, 0) is 56.5 Å². The molecular formula is C14H13Br3N2. The highest BCUT2D eigenvalue weighted by Crippen LogP contribution is 2.24. The van der Waals surface area contributed by atoms with Gasteiger partial charge in [0.2, 0.25) is 0 Å². The van der Waals surface area contributed by atoms with Crippen LogP contribution in [0.15, 0.2) is 49.9 Å². The van der Waals surface area contributed by atoms with Crippen LogP contribution in [-0.2, 0) is 6.54 Å². The van der Waals surface area contributed by atoms with Crippen molar-refractivity contribution < 1.29 is 0 Å². The minimum Gasteiger partial charge on any atom is -0.304 e. The summed E-state index contributed by atoms with van der Waals surface area (Å²) >= 11 is 10.5. The maximum atomic E-state index is 4.40. The van der Waals surface area contributed by atoms with Crippen molar-refractivity contribution in [3.63, 3.8) is 0 Å². The minimum atomic E-state index is 0.257. The molecule has 0 radical (unpaired) electrons. The van der Waals surface area contributed by atoms with Crippen LogP contribution in [-0.4, -0.2) is 4.98 Å². The van der Waals surface area contributed by atoms with E-state index in [1.165, 1.54) is 5.56 Å². The number of rotatable bonds is 4. The van der Waals surface area contributed by atoms with E-state index in [-0.39, 0.29) is 6.04 Å². The summed E-state index contributed by atoms with van der Waals surface area (Å²) < 4.78 is 3.11. The zero-order chi connectivity index (χ0) is 13.8. The van der Waals surface area contributed by atoms with Crippen LogP contribution >= 0.6 is 47.8 Å². The van der Waals surface area contributed by atoms with Gasteiger partial charge >= 0.3 is 0 Å². The number of pyridine rings is 1. The first-order valence-corrected chi connectivity index (χ1v) is 8.23. The summed E-state index contributed by atoms with van der Waals surface area (Å²) in [5, 5.41) is 3.48. The number of halogens is 3. The number of aromatic nitrogens is 1. The van der Waals surface area contributed by atoms with Gasteiger partial charge in [0, 0.05) is 32.2 Å². The maximum absolute atomic E-state index is 4.40. The Morgan fingerprint density at radius 2 is 1.89 bits per heavy atom. The predicted octanol–water partition coefficient (Wildman–Crippen LogP) is 5.22. The molecule has 1 N–H and O–H groups in total. The quantitative estimate of drug-likeness (QED) is 0.693. The monoisotopic (exact) mass is 446 g/mol. The molecule has 1 heterocycles. The maximum Gasteiger partial charge on any atom is 0.0684 e. The minimum absolute atomic E-state index is 0.257. The summed E-state index contributed by atoms with van der Waals surface area (Å²) in [6.45, 7) is 2.86. The summed E-state index contributed by atoms with van der Waals surface area (Å²) in [6, 6.07) is 10.5. The van der Waals surface area contributed by atoms with E-state index in [1.54, 1.807) is 0 Å². The molecule has 0 saturated carbocycles. The fourth-order valence-corrected chi connectivity index (χ4v) is 3.51. The molecule has 5 heteroatoms. The van der Waals surface area contributed by atoms with Gasteiger partial charge in [-0.25, -0.2) is 0 Å². The van der Waals surface area contributed by atoms with Gasteiger partial charge in [0.15, 0.2) is 0 Å². The topological polar surface area (TPSA) is 24.9 Å². The first-order valence-electron chi connectivity index (χ1n) is 5.85. The lowest BCUT2D eigenvalue weighted by atomic mass is 10.1. The van der Waals surface area contributed by atoms with Gasteiger partial charge in [0.05, 0.1) is 5.69 Å². The summed E-state index contributed by atoms with van der Waals surface area (Å²) in [5.41, 5.74) is 2.25. The third-order valence-electron chi connectivity index (χ3n) is 2.83. The van der Waals surface area contributed by atoms with Gasteiger partial charge in [-0.2, -0.15) is 0 Å². The second kappa shape index (κ2) is 6.97. The third-order valence-corrected chi connectivity index (χ3v) is 4.67. The molecule has 0 aliphatic heterocycles. The van der Waals surface area contributed by atoms with E-state index in [2.05, 4.69) is 77.1 Å². The van der Waals surface area contributed by atoms with Gasteiger partial charge in [-0.1, -0.05) is 34.1 Å². The number of nitrogens with one attached hydrogen (secondary N) is 1. The van der Waals surface area contributed by atoms with E-state index in [1.807, 2.05) is 24.4 Å². The molecule has 2 aromatic rings. The highest BCUT2D eigenvalue weighted by atomic mass is 79.9. The molecule has 19 heavy (non-hydrogen) atoms. The molecule has 2 nitrogen and oxygen atoms in total. The Hall–Kier alpha value is -0.230. The van der Waals surface area contributed by atoms with Crippen LogP contribution in [0.1, 0.15) is 24.2 Å². The van der Waals surface area contributed by atoms with E-state index < -0.39 is 0 Å². The second-order valence-corrected chi connectivity index (χ2v) is 6.83. The number of hydrogen-bond donors (Lipinski definition) is 1. The van der Waals surface area contributed by atoms with Crippen LogP contribution in [0.4, 0.5) is 0 Å². The van der Waals surface area contributed by atoms with E-state index in [0.717, 1.165) is 25.7 Å². The van der Waals surface area contributed by atoms with E-state index >= 15 is 0 Å². The Balaban J connectivity index is 2.04. The Bertz CT molecular complexity index is 572. The van der Waals surface area contributed by atoms with Crippen molar-refractivity contribution in [1.82, 2.24) is 10.3 Å². The summed E-state index contributed by atoms with van der Waals surface area (Å²) in [7, 11) is 0.